The Kier molecular flexibility index (Phi) is 4.11. The molecule has 0 radical (unpaired) electrons. The van der Waals surface area contributed by atoms with Crippen LogP contribution in [0, 0.1) is 0 Å². The van der Waals surface area contributed by atoms with Crippen molar-refractivity contribution in [2.75, 3.05) is 0 Å². The van der Waals surface area contributed by atoms with Gasteiger partial charge in [-0.25, -0.2) is 0 Å². The van der Waals surface area contributed by atoms with Gasteiger partial charge in [0.2, 0.25) is 0 Å². The first-order valence-electron chi connectivity index (χ1n) is 3.90. The molecule has 0 heterocycles. The maximum atomic E-state index is 11.5. The minimum atomic E-state index is -0.776. The van der Waals surface area contributed by atoms with Crippen molar-refractivity contribution in [3.63, 3.8) is 0 Å². The van der Waals surface area contributed by atoms with E-state index in [1.54, 1.807) is 26.0 Å². The molecule has 0 atom stereocenters. The molecule has 1 aromatic rings. The Morgan fingerprint density at radius 2 is 1.69 bits per heavy atom. The largest absolute Gasteiger partial charge is 0.319 e. The molecule has 0 amide bonds. The van der Waals surface area contributed by atoms with E-state index in [2.05, 4.69) is 0 Å². The van der Waals surface area contributed by atoms with Gasteiger partial charge < -0.3 is 5.73 Å². The quantitative estimate of drug-likeness (QED) is 0.741. The van der Waals surface area contributed by atoms with Gasteiger partial charge in [0.05, 0.1) is 5.54 Å². The molecule has 1 aromatic carbocycles. The van der Waals surface area contributed by atoms with E-state index in [4.69, 9.17) is 5.73 Å². The van der Waals surface area contributed by atoms with Crippen LogP contribution in [0.1, 0.15) is 24.2 Å². The van der Waals surface area contributed by atoms with Gasteiger partial charge in [-0.1, -0.05) is 30.3 Å². The molecule has 0 saturated carbocycles. The zero-order valence-corrected chi connectivity index (χ0v) is 8.60. The Hall–Kier alpha value is -0.860. The van der Waals surface area contributed by atoms with Crippen molar-refractivity contribution in [2.24, 2.45) is 5.73 Å². The number of benzene rings is 1. The Labute approximate surface area is 84.5 Å². The van der Waals surface area contributed by atoms with Crippen LogP contribution >= 0.6 is 12.4 Å². The summed E-state index contributed by atoms with van der Waals surface area (Å²) < 4.78 is 0. The van der Waals surface area contributed by atoms with Gasteiger partial charge in [-0.2, -0.15) is 0 Å². The van der Waals surface area contributed by atoms with Crippen molar-refractivity contribution in [3.05, 3.63) is 35.9 Å². The second kappa shape index (κ2) is 4.40. The molecule has 0 aliphatic heterocycles. The standard InChI is InChI=1S/C10H13NO.ClH/c1-10(2,11)9(12)8-6-4-3-5-7-8;/h3-7H,11H2,1-2H3;1H. The number of halogens is 1. The van der Waals surface area contributed by atoms with Crippen molar-refractivity contribution >= 4 is 18.2 Å². The molecule has 0 fully saturated rings. The first-order chi connectivity index (χ1) is 5.52. The molecule has 0 unspecified atom stereocenters. The highest BCUT2D eigenvalue weighted by Crippen LogP contribution is 2.09. The average molecular weight is 200 g/mol. The van der Waals surface area contributed by atoms with Gasteiger partial charge in [-0.05, 0) is 13.8 Å². The van der Waals surface area contributed by atoms with Crippen molar-refractivity contribution in [1.82, 2.24) is 0 Å². The highest BCUT2D eigenvalue weighted by atomic mass is 35.5. The van der Waals surface area contributed by atoms with E-state index in [1.807, 2.05) is 18.2 Å². The summed E-state index contributed by atoms with van der Waals surface area (Å²) in [5, 5.41) is 0. The van der Waals surface area contributed by atoms with E-state index in [-0.39, 0.29) is 18.2 Å². The molecular formula is C10H14ClNO. The molecule has 0 aromatic heterocycles. The van der Waals surface area contributed by atoms with E-state index >= 15 is 0 Å². The van der Waals surface area contributed by atoms with E-state index in [0.717, 1.165) is 0 Å². The second-order valence-corrected chi connectivity index (χ2v) is 3.42. The monoisotopic (exact) mass is 199 g/mol. The predicted octanol–water partition coefficient (Wildman–Crippen LogP) is 2.03. The van der Waals surface area contributed by atoms with Gasteiger partial charge >= 0.3 is 0 Å². The topological polar surface area (TPSA) is 43.1 Å². The molecular weight excluding hydrogens is 186 g/mol. The minimum absolute atomic E-state index is 0. The van der Waals surface area contributed by atoms with E-state index < -0.39 is 5.54 Å². The Bertz CT molecular complexity index is 277. The maximum absolute atomic E-state index is 11.5. The number of carbonyl (C=O) groups is 1. The third-order valence-corrected chi connectivity index (χ3v) is 1.62. The summed E-state index contributed by atoms with van der Waals surface area (Å²) in [6.07, 6.45) is 0. The fraction of sp³-hybridized carbons (Fsp3) is 0.300. The fourth-order valence-corrected chi connectivity index (χ4v) is 0.962. The minimum Gasteiger partial charge on any atom is -0.319 e. The molecule has 0 aliphatic rings. The van der Waals surface area contributed by atoms with Crippen LogP contribution in [-0.2, 0) is 0 Å². The van der Waals surface area contributed by atoms with Crippen LogP contribution < -0.4 is 5.73 Å². The van der Waals surface area contributed by atoms with Gasteiger partial charge in [0, 0.05) is 5.56 Å². The van der Waals surface area contributed by atoms with E-state index in [1.165, 1.54) is 0 Å². The summed E-state index contributed by atoms with van der Waals surface area (Å²) in [4.78, 5) is 11.5. The highest BCUT2D eigenvalue weighted by molar-refractivity contribution is 6.02. The molecule has 0 saturated heterocycles. The summed E-state index contributed by atoms with van der Waals surface area (Å²) in [7, 11) is 0. The number of nitrogens with two attached hydrogens (primary N) is 1. The predicted molar refractivity (Wildman–Crippen MR) is 56.3 cm³/mol. The lowest BCUT2D eigenvalue weighted by molar-refractivity contribution is 0.0913. The van der Waals surface area contributed by atoms with Crippen molar-refractivity contribution in [3.8, 4) is 0 Å². The SMILES string of the molecule is CC(C)(N)C(=O)c1ccccc1.Cl. The van der Waals surface area contributed by atoms with Crippen molar-refractivity contribution in [1.29, 1.82) is 0 Å². The second-order valence-electron chi connectivity index (χ2n) is 3.42. The van der Waals surface area contributed by atoms with Crippen LogP contribution in [-0.4, -0.2) is 11.3 Å². The molecule has 3 heteroatoms. The van der Waals surface area contributed by atoms with E-state index in [0.29, 0.717) is 5.56 Å². The molecule has 13 heavy (non-hydrogen) atoms. The van der Waals surface area contributed by atoms with Crippen LogP contribution in [0.5, 0.6) is 0 Å². The third kappa shape index (κ3) is 3.17. The summed E-state index contributed by atoms with van der Waals surface area (Å²) in [6.45, 7) is 3.42. The summed E-state index contributed by atoms with van der Waals surface area (Å²) in [5.74, 6) is -0.0249. The first-order valence-corrected chi connectivity index (χ1v) is 3.90. The number of rotatable bonds is 2. The van der Waals surface area contributed by atoms with Crippen molar-refractivity contribution < 1.29 is 4.79 Å². The van der Waals surface area contributed by atoms with Gasteiger partial charge in [0.15, 0.2) is 5.78 Å². The van der Waals surface area contributed by atoms with Crippen LogP contribution in [0.4, 0.5) is 0 Å². The molecule has 2 nitrogen and oxygen atoms in total. The molecule has 72 valence electrons. The van der Waals surface area contributed by atoms with Crippen LogP contribution in [0.2, 0.25) is 0 Å². The fourth-order valence-electron chi connectivity index (χ4n) is 0.962. The molecule has 0 spiro atoms. The number of Topliss-reactive ketones (excluding diaryl/α,β-unsaturated/α-hetero) is 1. The zero-order chi connectivity index (χ0) is 9.19. The Morgan fingerprint density at radius 3 is 2.08 bits per heavy atom. The smallest absolute Gasteiger partial charge is 0.182 e. The molecule has 0 aliphatic carbocycles. The third-order valence-electron chi connectivity index (χ3n) is 1.62. The van der Waals surface area contributed by atoms with E-state index in [9.17, 15) is 4.79 Å². The van der Waals surface area contributed by atoms with Gasteiger partial charge in [-0.3, -0.25) is 4.79 Å². The lowest BCUT2D eigenvalue weighted by Crippen LogP contribution is -2.41. The lowest BCUT2D eigenvalue weighted by Gasteiger charge is -2.16. The van der Waals surface area contributed by atoms with Gasteiger partial charge in [0.1, 0.15) is 0 Å². The summed E-state index contributed by atoms with van der Waals surface area (Å²) >= 11 is 0. The first kappa shape index (κ1) is 12.1. The van der Waals surface area contributed by atoms with Gasteiger partial charge in [0.25, 0.3) is 0 Å². The van der Waals surface area contributed by atoms with Crippen molar-refractivity contribution in [2.45, 2.75) is 19.4 Å². The average Bonchev–Trinajstić information content (AvgIpc) is 2.03. The Balaban J connectivity index is 0.00000144. The summed E-state index contributed by atoms with van der Waals surface area (Å²) in [5.41, 5.74) is 5.56. The number of carbonyl (C=O) groups excluding carboxylic acids is 1. The zero-order valence-electron chi connectivity index (χ0n) is 7.78. The summed E-state index contributed by atoms with van der Waals surface area (Å²) in [6, 6.07) is 9.09. The molecule has 0 bridgehead atoms. The van der Waals surface area contributed by atoms with Crippen LogP contribution in [0.3, 0.4) is 0 Å². The van der Waals surface area contributed by atoms with Gasteiger partial charge in [-0.15, -0.1) is 12.4 Å². The number of ketones is 1. The maximum Gasteiger partial charge on any atom is 0.182 e. The molecule has 2 N–H and O–H groups in total. The normalized spacial score (nSPS) is 10.4. The van der Waals surface area contributed by atoms with Crippen LogP contribution in [0.25, 0.3) is 0 Å². The molecule has 1 rings (SSSR count). The Morgan fingerprint density at radius 1 is 1.23 bits per heavy atom. The van der Waals surface area contributed by atoms with Crippen LogP contribution in [0.15, 0.2) is 30.3 Å². The lowest BCUT2D eigenvalue weighted by atomic mass is 9.95. The number of hydrogen-bond acceptors (Lipinski definition) is 2. The highest BCUT2D eigenvalue weighted by Gasteiger charge is 2.22. The number of hydrogen-bond donors (Lipinski definition) is 1.